The molecule has 0 bridgehead atoms. The van der Waals surface area contributed by atoms with Gasteiger partial charge in [0.25, 0.3) is 0 Å². The van der Waals surface area contributed by atoms with Gasteiger partial charge in [0.2, 0.25) is 5.78 Å². The zero-order chi connectivity index (χ0) is 24.7. The lowest BCUT2D eigenvalue weighted by Gasteiger charge is -2.12. The zero-order valence-corrected chi connectivity index (χ0v) is 18.6. The number of carbonyl (C=O) groups is 3. The molecule has 7 nitrogen and oxygen atoms in total. The number of carbonyl (C=O) groups excluding carboxylic acids is 2. The van der Waals surface area contributed by atoms with Crippen LogP contribution in [0.1, 0.15) is 42.4 Å². The molecule has 172 valence electrons. The molecule has 7 heteroatoms. The van der Waals surface area contributed by atoms with Crippen molar-refractivity contribution in [1.82, 2.24) is 0 Å². The van der Waals surface area contributed by atoms with Crippen molar-refractivity contribution >= 4 is 45.0 Å². The molecule has 5 aromatic rings. The number of ether oxygens (including phenoxy) is 1. The molecule has 0 radical (unpaired) electrons. The average Bonchev–Trinajstić information content (AvgIpc) is 3.29. The van der Waals surface area contributed by atoms with E-state index < -0.39 is 5.97 Å². The molecule has 0 saturated carbocycles. The quantitative estimate of drug-likeness (QED) is 0.331. The maximum atomic E-state index is 13.0. The second-order valence-electron chi connectivity index (χ2n) is 7.93. The van der Waals surface area contributed by atoms with Crippen LogP contribution in [-0.4, -0.2) is 29.8 Å². The molecule has 0 saturated heterocycles. The van der Waals surface area contributed by atoms with Crippen LogP contribution in [0.4, 0.5) is 5.69 Å². The third-order valence-corrected chi connectivity index (χ3v) is 5.92. The Morgan fingerprint density at radius 2 is 1.57 bits per heavy atom. The fourth-order valence-corrected chi connectivity index (χ4v) is 4.23. The number of fused-ring (bicyclic) bond motifs is 6. The number of hydrogen-bond acceptors (Lipinski definition) is 6. The van der Waals surface area contributed by atoms with Gasteiger partial charge in [-0.05, 0) is 35.0 Å². The summed E-state index contributed by atoms with van der Waals surface area (Å²) >= 11 is 0. The predicted molar refractivity (Wildman–Crippen MR) is 131 cm³/mol. The SMILES string of the molecule is COc1ccc(N)c(C(=O)O)c1.O=C1c2ccccc2C(=O)c2c1oc1ccc3ccccc3c21. The van der Waals surface area contributed by atoms with Gasteiger partial charge in [-0.3, -0.25) is 9.59 Å². The number of nitrogens with two attached hydrogens (primary N) is 1. The largest absolute Gasteiger partial charge is 0.497 e. The Balaban J connectivity index is 0.000000180. The van der Waals surface area contributed by atoms with Gasteiger partial charge in [0.1, 0.15) is 11.3 Å². The molecule has 3 N–H and O–H groups in total. The molecule has 1 heterocycles. The van der Waals surface area contributed by atoms with Gasteiger partial charge in [-0.2, -0.15) is 0 Å². The summed E-state index contributed by atoms with van der Waals surface area (Å²) in [7, 11) is 1.47. The lowest BCUT2D eigenvalue weighted by molar-refractivity contribution is 0.0697. The Labute approximate surface area is 199 Å². The lowest BCUT2D eigenvalue weighted by atomic mass is 9.86. The molecule has 0 amide bonds. The molecule has 0 aliphatic heterocycles. The molecule has 4 aromatic carbocycles. The third-order valence-electron chi connectivity index (χ3n) is 5.92. The highest BCUT2D eigenvalue weighted by atomic mass is 16.5. The number of benzene rings is 4. The Bertz CT molecular complexity index is 1660. The molecule has 0 unspecified atom stereocenters. The minimum absolute atomic E-state index is 0.0642. The summed E-state index contributed by atoms with van der Waals surface area (Å²) in [5.41, 5.74) is 7.53. The smallest absolute Gasteiger partial charge is 0.337 e. The standard InChI is InChI=1S/C20H10O3.C8H9NO3/c21-18-13-7-3-4-8-14(13)19(22)20-17(18)16-12-6-2-1-5-11(12)9-10-15(16)23-20;1-12-5-2-3-7(9)6(4-5)8(10)11/h1-10H;2-4H,9H2,1H3,(H,10,11). The minimum atomic E-state index is -1.05. The highest BCUT2D eigenvalue weighted by Crippen LogP contribution is 2.38. The predicted octanol–water partition coefficient (Wildman–Crippen LogP) is 5.34. The summed E-state index contributed by atoms with van der Waals surface area (Å²) in [6.45, 7) is 0. The molecule has 0 spiro atoms. The van der Waals surface area contributed by atoms with Crippen molar-refractivity contribution in [2.24, 2.45) is 0 Å². The van der Waals surface area contributed by atoms with Gasteiger partial charge in [-0.25, -0.2) is 4.79 Å². The summed E-state index contributed by atoms with van der Waals surface area (Å²) in [4.78, 5) is 36.2. The van der Waals surface area contributed by atoms with E-state index in [9.17, 15) is 14.4 Å². The van der Waals surface area contributed by atoms with Crippen LogP contribution < -0.4 is 10.5 Å². The second-order valence-corrected chi connectivity index (χ2v) is 7.93. The van der Waals surface area contributed by atoms with Crippen molar-refractivity contribution in [3.8, 4) is 5.75 Å². The van der Waals surface area contributed by atoms with Gasteiger partial charge in [0, 0.05) is 22.2 Å². The first-order valence-electron chi connectivity index (χ1n) is 10.7. The molecule has 35 heavy (non-hydrogen) atoms. The Hall–Kier alpha value is -4.91. The monoisotopic (exact) mass is 465 g/mol. The summed E-state index contributed by atoms with van der Waals surface area (Å²) in [6.07, 6.45) is 0. The van der Waals surface area contributed by atoms with E-state index in [-0.39, 0.29) is 28.6 Å². The number of aromatic carboxylic acids is 1. The number of hydrogen-bond donors (Lipinski definition) is 2. The number of carboxylic acid groups (broad SMARTS) is 1. The Morgan fingerprint density at radius 3 is 2.29 bits per heavy atom. The van der Waals surface area contributed by atoms with E-state index in [1.807, 2.05) is 36.4 Å². The van der Waals surface area contributed by atoms with E-state index >= 15 is 0 Å². The van der Waals surface area contributed by atoms with Gasteiger partial charge in [-0.1, -0.05) is 54.6 Å². The number of carboxylic acids is 1. The number of rotatable bonds is 2. The second kappa shape index (κ2) is 8.46. The van der Waals surface area contributed by atoms with Crippen LogP contribution in [0.5, 0.6) is 5.75 Å². The Morgan fingerprint density at radius 1 is 0.886 bits per heavy atom. The van der Waals surface area contributed by atoms with Crippen molar-refractivity contribution in [3.63, 3.8) is 0 Å². The normalized spacial score (nSPS) is 12.0. The average molecular weight is 465 g/mol. The molecular weight excluding hydrogens is 446 g/mol. The van der Waals surface area contributed by atoms with E-state index in [2.05, 4.69) is 0 Å². The third kappa shape index (κ3) is 3.59. The topological polar surface area (TPSA) is 120 Å². The summed E-state index contributed by atoms with van der Waals surface area (Å²) in [6, 6.07) is 23.0. The van der Waals surface area contributed by atoms with E-state index in [0.29, 0.717) is 28.0 Å². The van der Waals surface area contributed by atoms with Crippen LogP contribution in [0.25, 0.3) is 21.7 Å². The molecular formula is C28H19NO6. The highest BCUT2D eigenvalue weighted by molar-refractivity contribution is 6.33. The van der Waals surface area contributed by atoms with Crippen LogP contribution in [0, 0.1) is 0 Å². The Kier molecular flexibility index (Phi) is 5.30. The number of methoxy groups -OCH3 is 1. The van der Waals surface area contributed by atoms with Crippen molar-refractivity contribution < 1.29 is 28.6 Å². The summed E-state index contributed by atoms with van der Waals surface area (Å²) < 4.78 is 10.6. The van der Waals surface area contributed by atoms with Crippen LogP contribution in [0.3, 0.4) is 0 Å². The summed E-state index contributed by atoms with van der Waals surface area (Å²) in [5, 5.41) is 11.3. The molecule has 0 fully saturated rings. The first kappa shape index (κ1) is 21.9. The van der Waals surface area contributed by atoms with Crippen molar-refractivity contribution in [2.75, 3.05) is 12.8 Å². The number of furan rings is 1. The van der Waals surface area contributed by atoms with Crippen molar-refractivity contribution in [2.45, 2.75) is 0 Å². The summed E-state index contributed by atoms with van der Waals surface area (Å²) in [5.74, 6) is -0.783. The van der Waals surface area contributed by atoms with E-state index in [0.717, 1.165) is 16.2 Å². The van der Waals surface area contributed by atoms with E-state index in [4.69, 9.17) is 20.0 Å². The first-order valence-corrected chi connectivity index (χ1v) is 10.7. The maximum absolute atomic E-state index is 13.0. The van der Waals surface area contributed by atoms with E-state index in [1.54, 1.807) is 30.3 Å². The fraction of sp³-hybridized carbons (Fsp3) is 0.0357. The van der Waals surface area contributed by atoms with Gasteiger partial charge >= 0.3 is 5.97 Å². The van der Waals surface area contributed by atoms with E-state index in [1.165, 1.54) is 19.2 Å². The molecule has 6 rings (SSSR count). The number of ketones is 2. The molecule has 1 aliphatic carbocycles. The van der Waals surface area contributed by atoms with Gasteiger partial charge < -0.3 is 20.0 Å². The number of anilines is 1. The molecule has 1 aromatic heterocycles. The van der Waals surface area contributed by atoms with Crippen molar-refractivity contribution in [1.29, 1.82) is 0 Å². The minimum Gasteiger partial charge on any atom is -0.497 e. The number of nitrogen functional groups attached to an aromatic ring is 1. The van der Waals surface area contributed by atoms with Gasteiger partial charge in [0.15, 0.2) is 11.5 Å². The van der Waals surface area contributed by atoms with Crippen LogP contribution >= 0.6 is 0 Å². The van der Waals surface area contributed by atoms with Crippen molar-refractivity contribution in [3.05, 3.63) is 107 Å². The fourth-order valence-electron chi connectivity index (χ4n) is 4.23. The van der Waals surface area contributed by atoms with Crippen LogP contribution in [0.2, 0.25) is 0 Å². The maximum Gasteiger partial charge on any atom is 0.337 e. The zero-order valence-electron chi connectivity index (χ0n) is 18.6. The van der Waals surface area contributed by atoms with Crippen LogP contribution in [-0.2, 0) is 0 Å². The highest BCUT2D eigenvalue weighted by Gasteiger charge is 2.35. The molecule has 1 aliphatic rings. The van der Waals surface area contributed by atoms with Crippen LogP contribution in [0.15, 0.2) is 83.3 Å². The molecule has 0 atom stereocenters. The van der Waals surface area contributed by atoms with Gasteiger partial charge in [-0.15, -0.1) is 0 Å². The first-order chi connectivity index (χ1) is 16.9. The van der Waals surface area contributed by atoms with Gasteiger partial charge in [0.05, 0.1) is 18.2 Å². The lowest BCUT2D eigenvalue weighted by Crippen LogP contribution is -2.19.